The van der Waals surface area contributed by atoms with Crippen molar-refractivity contribution in [3.63, 3.8) is 0 Å². The molecule has 3 rings (SSSR count). The van der Waals surface area contributed by atoms with E-state index in [2.05, 4.69) is 5.32 Å². The van der Waals surface area contributed by atoms with Crippen LogP contribution in [-0.2, 0) is 14.4 Å². The predicted molar refractivity (Wildman–Crippen MR) is 88.5 cm³/mol. The van der Waals surface area contributed by atoms with Crippen LogP contribution in [-0.4, -0.2) is 36.3 Å². The third-order valence-electron chi connectivity index (χ3n) is 4.86. The van der Waals surface area contributed by atoms with Crippen LogP contribution in [0.3, 0.4) is 0 Å². The van der Waals surface area contributed by atoms with Crippen molar-refractivity contribution in [1.82, 2.24) is 4.90 Å². The molecule has 1 heterocycles. The van der Waals surface area contributed by atoms with Crippen molar-refractivity contribution in [3.05, 3.63) is 23.8 Å². The fourth-order valence-electron chi connectivity index (χ4n) is 3.64. The highest BCUT2D eigenvalue weighted by molar-refractivity contribution is 6.08. The lowest BCUT2D eigenvalue weighted by Crippen LogP contribution is -2.38. The highest BCUT2D eigenvalue weighted by Crippen LogP contribution is 2.37. The number of amides is 3. The number of fused-ring (bicyclic) bond motifs is 1. The van der Waals surface area contributed by atoms with E-state index in [9.17, 15) is 14.4 Å². The van der Waals surface area contributed by atoms with Crippen molar-refractivity contribution in [1.29, 1.82) is 0 Å². The van der Waals surface area contributed by atoms with E-state index in [1.807, 2.05) is 13.0 Å². The Bertz CT molecular complexity index is 662. The second-order valence-electron chi connectivity index (χ2n) is 6.51. The molecule has 6 nitrogen and oxygen atoms in total. The summed E-state index contributed by atoms with van der Waals surface area (Å²) in [4.78, 5) is 38.3. The molecule has 0 radical (unpaired) electrons. The van der Waals surface area contributed by atoms with Crippen molar-refractivity contribution < 1.29 is 19.1 Å². The number of hydrogen-bond donors (Lipinski definition) is 1. The summed E-state index contributed by atoms with van der Waals surface area (Å²) in [5.41, 5.74) is 1.52. The molecule has 0 bridgehead atoms. The van der Waals surface area contributed by atoms with Gasteiger partial charge in [-0.15, -0.1) is 0 Å². The first-order valence-corrected chi connectivity index (χ1v) is 8.31. The summed E-state index contributed by atoms with van der Waals surface area (Å²) in [5, 5.41) is 2.74. The quantitative estimate of drug-likeness (QED) is 0.858. The first-order chi connectivity index (χ1) is 11.5. The zero-order valence-electron chi connectivity index (χ0n) is 14.0. The zero-order chi connectivity index (χ0) is 17.3. The van der Waals surface area contributed by atoms with Gasteiger partial charge in [0.1, 0.15) is 12.3 Å². The van der Waals surface area contributed by atoms with Crippen LogP contribution in [0, 0.1) is 18.8 Å². The first kappa shape index (κ1) is 16.5. The lowest BCUT2D eigenvalue weighted by Gasteiger charge is -2.19. The molecule has 1 aromatic carbocycles. The number of methoxy groups -OCH3 is 1. The van der Waals surface area contributed by atoms with Gasteiger partial charge in [-0.2, -0.15) is 0 Å². The number of nitrogens with one attached hydrogen (secondary N) is 1. The van der Waals surface area contributed by atoms with Gasteiger partial charge in [-0.05, 0) is 37.5 Å². The number of hydrogen-bond acceptors (Lipinski definition) is 4. The summed E-state index contributed by atoms with van der Waals surface area (Å²) >= 11 is 0. The summed E-state index contributed by atoms with van der Waals surface area (Å²) in [6.45, 7) is 1.68. The topological polar surface area (TPSA) is 75.7 Å². The molecule has 1 N–H and O–H groups in total. The van der Waals surface area contributed by atoms with E-state index in [1.54, 1.807) is 12.1 Å². The average Bonchev–Trinajstić information content (AvgIpc) is 2.80. The maximum Gasteiger partial charge on any atom is 0.244 e. The molecule has 1 saturated carbocycles. The molecule has 2 aliphatic rings. The number of nitrogens with zero attached hydrogens (tertiary/aromatic N) is 1. The monoisotopic (exact) mass is 330 g/mol. The molecule has 6 heteroatoms. The summed E-state index contributed by atoms with van der Waals surface area (Å²) in [6.07, 6.45) is 3.44. The SMILES string of the molecule is COc1ccc(C)cc1NC(=O)CN1C(=O)[C@@H]2CCCC[C@H]2C1=O. The normalized spacial score (nSPS) is 23.2. The first-order valence-electron chi connectivity index (χ1n) is 8.31. The molecule has 2 atom stereocenters. The van der Waals surface area contributed by atoms with E-state index in [1.165, 1.54) is 7.11 Å². The average molecular weight is 330 g/mol. The van der Waals surface area contributed by atoms with Crippen LogP contribution < -0.4 is 10.1 Å². The van der Waals surface area contributed by atoms with Crippen molar-refractivity contribution in [3.8, 4) is 5.75 Å². The minimum atomic E-state index is -0.390. The summed E-state index contributed by atoms with van der Waals surface area (Å²) in [7, 11) is 1.53. The van der Waals surface area contributed by atoms with Gasteiger partial charge in [0, 0.05) is 0 Å². The molecule has 1 aliphatic heterocycles. The van der Waals surface area contributed by atoms with E-state index in [4.69, 9.17) is 4.74 Å². The fraction of sp³-hybridized carbons (Fsp3) is 0.500. The van der Waals surface area contributed by atoms with Gasteiger partial charge in [-0.1, -0.05) is 18.9 Å². The Balaban J connectivity index is 1.70. The van der Waals surface area contributed by atoms with Crippen LogP contribution in [0.2, 0.25) is 0 Å². The molecule has 0 aromatic heterocycles. The zero-order valence-corrected chi connectivity index (χ0v) is 14.0. The molecule has 24 heavy (non-hydrogen) atoms. The third-order valence-corrected chi connectivity index (χ3v) is 4.86. The third kappa shape index (κ3) is 3.00. The van der Waals surface area contributed by atoms with Gasteiger partial charge in [0.2, 0.25) is 17.7 Å². The number of aryl methyl sites for hydroxylation is 1. The van der Waals surface area contributed by atoms with Crippen LogP contribution in [0.4, 0.5) is 5.69 Å². The number of benzene rings is 1. The molecule has 1 aromatic rings. The number of likely N-dealkylation sites (tertiary alicyclic amines) is 1. The highest BCUT2D eigenvalue weighted by atomic mass is 16.5. The van der Waals surface area contributed by atoms with Crippen LogP contribution in [0.25, 0.3) is 0 Å². The number of rotatable bonds is 4. The summed E-state index contributed by atoms with van der Waals surface area (Å²) in [5.74, 6) is -0.701. The second-order valence-corrected chi connectivity index (χ2v) is 6.51. The predicted octanol–water partition coefficient (Wildman–Crippen LogP) is 2.12. The Morgan fingerprint density at radius 2 is 1.83 bits per heavy atom. The Labute approximate surface area is 141 Å². The molecular weight excluding hydrogens is 308 g/mol. The molecular formula is C18H22N2O4. The van der Waals surface area contributed by atoms with Gasteiger partial charge < -0.3 is 10.1 Å². The maximum absolute atomic E-state index is 12.4. The van der Waals surface area contributed by atoms with Gasteiger partial charge in [0.15, 0.2) is 0 Å². The smallest absolute Gasteiger partial charge is 0.244 e. The van der Waals surface area contributed by atoms with Gasteiger partial charge in [-0.3, -0.25) is 19.3 Å². The van der Waals surface area contributed by atoms with Crippen molar-refractivity contribution in [2.75, 3.05) is 19.0 Å². The highest BCUT2D eigenvalue weighted by Gasteiger charge is 2.48. The largest absolute Gasteiger partial charge is 0.495 e. The Hall–Kier alpha value is -2.37. The summed E-state index contributed by atoms with van der Waals surface area (Å²) < 4.78 is 5.23. The number of anilines is 1. The van der Waals surface area contributed by atoms with Crippen LogP contribution in [0.1, 0.15) is 31.2 Å². The Morgan fingerprint density at radius 1 is 1.21 bits per heavy atom. The van der Waals surface area contributed by atoms with E-state index >= 15 is 0 Å². The minimum Gasteiger partial charge on any atom is -0.495 e. The number of ether oxygens (including phenoxy) is 1. The van der Waals surface area contributed by atoms with Crippen LogP contribution >= 0.6 is 0 Å². The van der Waals surface area contributed by atoms with E-state index < -0.39 is 0 Å². The molecule has 2 fully saturated rings. The van der Waals surface area contributed by atoms with Crippen molar-refractivity contribution in [2.45, 2.75) is 32.6 Å². The Kier molecular flexibility index (Phi) is 4.55. The fourth-order valence-corrected chi connectivity index (χ4v) is 3.64. The molecule has 3 amide bonds. The van der Waals surface area contributed by atoms with Crippen LogP contribution in [0.15, 0.2) is 18.2 Å². The van der Waals surface area contributed by atoms with E-state index in [0.717, 1.165) is 36.1 Å². The van der Waals surface area contributed by atoms with Gasteiger partial charge in [0.05, 0.1) is 24.6 Å². The van der Waals surface area contributed by atoms with Crippen molar-refractivity contribution >= 4 is 23.4 Å². The molecule has 0 spiro atoms. The standard InChI is InChI=1S/C18H22N2O4/c1-11-7-8-15(24-2)14(9-11)19-16(21)10-20-17(22)12-5-3-4-6-13(12)18(20)23/h7-9,12-13H,3-6,10H2,1-2H3,(H,19,21)/t12-,13-/m1/s1. The van der Waals surface area contributed by atoms with E-state index in [0.29, 0.717) is 11.4 Å². The maximum atomic E-state index is 12.4. The van der Waals surface area contributed by atoms with E-state index in [-0.39, 0.29) is 36.1 Å². The molecule has 1 saturated heterocycles. The minimum absolute atomic E-state index is 0.198. The molecule has 0 unspecified atom stereocenters. The molecule has 128 valence electrons. The van der Waals surface area contributed by atoms with Crippen molar-refractivity contribution in [2.24, 2.45) is 11.8 Å². The summed E-state index contributed by atoms with van der Waals surface area (Å²) in [6, 6.07) is 5.45. The second kappa shape index (κ2) is 6.63. The van der Waals surface area contributed by atoms with Gasteiger partial charge >= 0.3 is 0 Å². The van der Waals surface area contributed by atoms with Gasteiger partial charge in [-0.25, -0.2) is 0 Å². The number of carbonyl (C=O) groups is 3. The lowest BCUT2D eigenvalue weighted by molar-refractivity contribution is -0.142. The number of imide groups is 1. The van der Waals surface area contributed by atoms with Crippen LogP contribution in [0.5, 0.6) is 5.75 Å². The Morgan fingerprint density at radius 3 is 2.42 bits per heavy atom. The molecule has 1 aliphatic carbocycles. The number of carbonyl (C=O) groups excluding carboxylic acids is 3. The lowest BCUT2D eigenvalue weighted by atomic mass is 9.81. The van der Waals surface area contributed by atoms with Gasteiger partial charge in [0.25, 0.3) is 0 Å².